The molecular weight excluding hydrogens is 419 g/mol. The molecule has 0 bridgehead atoms. The van der Waals surface area contributed by atoms with Gasteiger partial charge in [-0.1, -0.05) is 12.1 Å². The van der Waals surface area contributed by atoms with Crippen LogP contribution in [0.15, 0.2) is 53.4 Å². The third kappa shape index (κ3) is 4.11. The average Bonchev–Trinajstić information content (AvgIpc) is 2.77. The van der Waals surface area contributed by atoms with Crippen molar-refractivity contribution in [3.05, 3.63) is 65.6 Å². The molecule has 2 aromatic carbocycles. The SMILES string of the molecule is COc1ccc(S(=O)(=O)N2CCc3nc(-c4cccc(F)c4)nc(N(C)C)c3C2)cc1. The van der Waals surface area contributed by atoms with Crippen LogP contribution in [0.2, 0.25) is 0 Å². The lowest BCUT2D eigenvalue weighted by Crippen LogP contribution is -2.37. The zero-order valence-corrected chi connectivity index (χ0v) is 18.4. The van der Waals surface area contributed by atoms with Crippen molar-refractivity contribution < 1.29 is 17.5 Å². The van der Waals surface area contributed by atoms with E-state index in [9.17, 15) is 12.8 Å². The standard InChI is InChI=1S/C22H23FN4O3S/c1-26(2)22-19-14-27(31(28,29)18-9-7-17(30-3)8-10-18)12-11-20(19)24-21(25-22)15-5-4-6-16(23)13-15/h4-10,13H,11-12,14H2,1-3H3. The highest BCUT2D eigenvalue weighted by molar-refractivity contribution is 7.89. The first-order chi connectivity index (χ1) is 14.8. The van der Waals surface area contributed by atoms with Crippen LogP contribution in [0.3, 0.4) is 0 Å². The fourth-order valence-electron chi connectivity index (χ4n) is 3.60. The molecule has 9 heteroatoms. The molecule has 4 rings (SSSR count). The molecule has 1 aliphatic rings. The van der Waals surface area contributed by atoms with Crippen molar-refractivity contribution in [2.45, 2.75) is 17.9 Å². The van der Waals surface area contributed by atoms with Crippen molar-refractivity contribution in [3.63, 3.8) is 0 Å². The van der Waals surface area contributed by atoms with Crippen LogP contribution in [0.5, 0.6) is 5.75 Å². The zero-order valence-electron chi connectivity index (χ0n) is 17.5. The number of nitrogens with zero attached hydrogens (tertiary/aromatic N) is 4. The average molecular weight is 443 g/mol. The van der Waals surface area contributed by atoms with Crippen LogP contribution < -0.4 is 9.64 Å². The lowest BCUT2D eigenvalue weighted by molar-refractivity contribution is 0.387. The largest absolute Gasteiger partial charge is 0.497 e. The van der Waals surface area contributed by atoms with Gasteiger partial charge in [-0.3, -0.25) is 0 Å². The number of anilines is 1. The van der Waals surface area contributed by atoms with Crippen molar-refractivity contribution in [1.82, 2.24) is 14.3 Å². The Balaban J connectivity index is 1.71. The second-order valence-electron chi connectivity index (χ2n) is 7.46. The van der Waals surface area contributed by atoms with E-state index in [4.69, 9.17) is 4.74 Å². The van der Waals surface area contributed by atoms with Gasteiger partial charge in [0.1, 0.15) is 17.4 Å². The lowest BCUT2D eigenvalue weighted by atomic mass is 10.1. The Morgan fingerprint density at radius 2 is 1.84 bits per heavy atom. The number of aromatic nitrogens is 2. The fourth-order valence-corrected chi connectivity index (χ4v) is 5.01. The number of halogens is 1. The molecule has 0 N–H and O–H groups in total. The molecule has 1 aliphatic heterocycles. The van der Waals surface area contributed by atoms with E-state index in [1.807, 2.05) is 19.0 Å². The number of benzene rings is 2. The number of hydrogen-bond donors (Lipinski definition) is 0. The monoisotopic (exact) mass is 442 g/mol. The van der Waals surface area contributed by atoms with E-state index >= 15 is 0 Å². The highest BCUT2D eigenvalue weighted by atomic mass is 32.2. The smallest absolute Gasteiger partial charge is 0.243 e. The predicted molar refractivity (Wildman–Crippen MR) is 116 cm³/mol. The van der Waals surface area contributed by atoms with Crippen LogP contribution in [0.25, 0.3) is 11.4 Å². The second-order valence-corrected chi connectivity index (χ2v) is 9.40. The Labute approximate surface area is 181 Å². The van der Waals surface area contributed by atoms with Gasteiger partial charge < -0.3 is 9.64 Å². The summed E-state index contributed by atoms with van der Waals surface area (Å²) in [4.78, 5) is 11.3. The summed E-state index contributed by atoms with van der Waals surface area (Å²) < 4.78 is 46.6. The highest BCUT2D eigenvalue weighted by Gasteiger charge is 2.31. The van der Waals surface area contributed by atoms with E-state index in [2.05, 4.69) is 9.97 Å². The van der Waals surface area contributed by atoms with Gasteiger partial charge in [0.2, 0.25) is 10.0 Å². The van der Waals surface area contributed by atoms with E-state index in [0.29, 0.717) is 35.9 Å². The van der Waals surface area contributed by atoms with Crippen molar-refractivity contribution in [3.8, 4) is 17.1 Å². The number of hydrogen-bond acceptors (Lipinski definition) is 6. The van der Waals surface area contributed by atoms with Crippen LogP contribution in [0, 0.1) is 5.82 Å². The summed E-state index contributed by atoms with van der Waals surface area (Å²) in [6.07, 6.45) is 0.441. The van der Waals surface area contributed by atoms with E-state index in [1.54, 1.807) is 36.4 Å². The van der Waals surface area contributed by atoms with Gasteiger partial charge >= 0.3 is 0 Å². The minimum absolute atomic E-state index is 0.167. The Bertz CT molecular complexity index is 1210. The molecule has 0 radical (unpaired) electrons. The Morgan fingerprint density at radius 3 is 2.48 bits per heavy atom. The maximum absolute atomic E-state index is 13.7. The summed E-state index contributed by atoms with van der Waals surface area (Å²) in [6, 6.07) is 12.5. The van der Waals surface area contributed by atoms with Crippen LogP contribution in [0.1, 0.15) is 11.3 Å². The van der Waals surface area contributed by atoms with Crippen molar-refractivity contribution >= 4 is 15.8 Å². The van der Waals surface area contributed by atoms with E-state index in [0.717, 1.165) is 11.3 Å². The fraction of sp³-hybridized carbons (Fsp3) is 0.273. The summed E-state index contributed by atoms with van der Waals surface area (Å²) in [7, 11) is 1.53. The van der Waals surface area contributed by atoms with Crippen LogP contribution in [-0.2, 0) is 23.0 Å². The molecule has 7 nitrogen and oxygen atoms in total. The predicted octanol–water partition coefficient (Wildman–Crippen LogP) is 3.10. The molecule has 2 heterocycles. The molecule has 1 aromatic heterocycles. The van der Waals surface area contributed by atoms with Crippen molar-refractivity contribution in [1.29, 1.82) is 0 Å². The van der Waals surface area contributed by atoms with Gasteiger partial charge in [-0.05, 0) is 36.4 Å². The molecule has 0 unspecified atom stereocenters. The van der Waals surface area contributed by atoms with Gasteiger partial charge in [0, 0.05) is 44.7 Å². The summed E-state index contributed by atoms with van der Waals surface area (Å²) in [5, 5.41) is 0. The third-order valence-electron chi connectivity index (χ3n) is 5.21. The van der Waals surface area contributed by atoms with E-state index < -0.39 is 10.0 Å². The molecule has 31 heavy (non-hydrogen) atoms. The number of methoxy groups -OCH3 is 1. The summed E-state index contributed by atoms with van der Waals surface area (Å²) in [5.74, 6) is 1.28. The number of rotatable bonds is 5. The molecule has 0 fully saturated rings. The molecular formula is C22H23FN4O3S. The maximum Gasteiger partial charge on any atom is 0.243 e. The van der Waals surface area contributed by atoms with Gasteiger partial charge in [0.05, 0.1) is 17.7 Å². The first kappa shape index (κ1) is 21.2. The Kier molecular flexibility index (Phi) is 5.63. The first-order valence-corrected chi connectivity index (χ1v) is 11.2. The highest BCUT2D eigenvalue weighted by Crippen LogP contribution is 2.31. The van der Waals surface area contributed by atoms with Gasteiger partial charge in [-0.25, -0.2) is 22.8 Å². The summed E-state index contributed by atoms with van der Waals surface area (Å²) in [5.41, 5.74) is 2.12. The second kappa shape index (κ2) is 8.24. The van der Waals surface area contributed by atoms with Crippen LogP contribution in [0.4, 0.5) is 10.2 Å². The first-order valence-electron chi connectivity index (χ1n) is 9.77. The van der Waals surface area contributed by atoms with Crippen molar-refractivity contribution in [2.75, 3.05) is 32.6 Å². The number of sulfonamides is 1. The minimum Gasteiger partial charge on any atom is -0.497 e. The quantitative estimate of drug-likeness (QED) is 0.605. The number of ether oxygens (including phenoxy) is 1. The topological polar surface area (TPSA) is 75.6 Å². The van der Waals surface area contributed by atoms with Crippen molar-refractivity contribution in [2.24, 2.45) is 0 Å². The van der Waals surface area contributed by atoms with Crippen LogP contribution >= 0.6 is 0 Å². The molecule has 3 aromatic rings. The Hall–Kier alpha value is -3.04. The molecule has 162 valence electrons. The molecule has 0 saturated carbocycles. The maximum atomic E-state index is 13.7. The van der Waals surface area contributed by atoms with Gasteiger partial charge in [-0.2, -0.15) is 4.31 Å². The van der Waals surface area contributed by atoms with E-state index in [1.165, 1.54) is 23.5 Å². The van der Waals surface area contributed by atoms with Gasteiger partial charge in [0.15, 0.2) is 5.82 Å². The minimum atomic E-state index is -3.69. The Morgan fingerprint density at radius 1 is 1.10 bits per heavy atom. The van der Waals surface area contributed by atoms with Gasteiger partial charge in [-0.15, -0.1) is 0 Å². The van der Waals surface area contributed by atoms with E-state index in [-0.39, 0.29) is 17.3 Å². The molecule has 0 amide bonds. The zero-order chi connectivity index (χ0) is 22.2. The third-order valence-corrected chi connectivity index (χ3v) is 7.07. The normalized spacial score (nSPS) is 14.2. The van der Waals surface area contributed by atoms with Gasteiger partial charge in [0.25, 0.3) is 0 Å². The summed E-state index contributed by atoms with van der Waals surface area (Å²) >= 11 is 0. The molecule has 0 aliphatic carbocycles. The van der Waals surface area contributed by atoms with Crippen LogP contribution in [-0.4, -0.2) is 50.4 Å². The molecule has 0 saturated heterocycles. The lowest BCUT2D eigenvalue weighted by Gasteiger charge is -2.30. The molecule has 0 atom stereocenters. The summed E-state index contributed by atoms with van der Waals surface area (Å²) in [6.45, 7) is 0.467. The number of fused-ring (bicyclic) bond motifs is 1. The molecule has 0 spiro atoms.